The number of carbonyl (C=O) groups excluding carboxylic acids is 2. The van der Waals surface area contributed by atoms with E-state index in [4.69, 9.17) is 4.74 Å². The minimum absolute atomic E-state index is 0.0626. The van der Waals surface area contributed by atoms with Gasteiger partial charge in [-0.25, -0.2) is 8.42 Å². The first-order valence-corrected chi connectivity index (χ1v) is 10.7. The van der Waals surface area contributed by atoms with Gasteiger partial charge in [-0.05, 0) is 37.6 Å². The van der Waals surface area contributed by atoms with Gasteiger partial charge in [0.1, 0.15) is 5.75 Å². The molecule has 1 aliphatic rings. The SMILES string of the molecule is CC1(NC(=O)COc2ccccc2C(=O)Nc2ccccc2)CCS(=O)(=O)C1. The molecule has 0 bridgehead atoms. The smallest absolute Gasteiger partial charge is 0.259 e. The molecule has 2 amide bonds. The van der Waals surface area contributed by atoms with Gasteiger partial charge in [0, 0.05) is 5.69 Å². The number of sulfone groups is 1. The summed E-state index contributed by atoms with van der Waals surface area (Å²) in [6.07, 6.45) is 0.372. The zero-order chi connectivity index (χ0) is 20.2. The van der Waals surface area contributed by atoms with Crippen molar-refractivity contribution in [3.63, 3.8) is 0 Å². The van der Waals surface area contributed by atoms with E-state index in [-0.39, 0.29) is 29.8 Å². The molecule has 7 nitrogen and oxygen atoms in total. The third-order valence-corrected chi connectivity index (χ3v) is 6.37. The molecule has 0 saturated carbocycles. The number of amides is 2. The molecule has 8 heteroatoms. The van der Waals surface area contributed by atoms with Gasteiger partial charge in [-0.15, -0.1) is 0 Å². The van der Waals surface area contributed by atoms with Gasteiger partial charge in [0.2, 0.25) is 0 Å². The number of hydrogen-bond donors (Lipinski definition) is 2. The van der Waals surface area contributed by atoms with Crippen LogP contribution in [0.4, 0.5) is 5.69 Å². The second-order valence-electron chi connectivity index (χ2n) is 7.06. The van der Waals surface area contributed by atoms with E-state index in [1.54, 1.807) is 43.3 Å². The molecule has 2 aromatic carbocycles. The average molecular weight is 402 g/mol. The number of benzene rings is 2. The molecule has 1 fully saturated rings. The number of para-hydroxylation sites is 2. The summed E-state index contributed by atoms with van der Waals surface area (Å²) in [5.41, 5.74) is 0.160. The van der Waals surface area contributed by atoms with Crippen molar-refractivity contribution in [3.05, 3.63) is 60.2 Å². The standard InChI is InChI=1S/C20H22N2O5S/c1-20(11-12-28(25,26)14-20)22-18(23)13-27-17-10-6-5-9-16(17)19(24)21-15-7-3-2-4-8-15/h2-10H,11-14H2,1H3,(H,21,24)(H,22,23). The summed E-state index contributed by atoms with van der Waals surface area (Å²) in [5.74, 6) is -0.529. The van der Waals surface area contributed by atoms with Crippen LogP contribution in [-0.4, -0.2) is 43.9 Å². The van der Waals surface area contributed by atoms with E-state index in [0.717, 1.165) is 0 Å². The highest BCUT2D eigenvalue weighted by atomic mass is 32.2. The summed E-state index contributed by atoms with van der Waals surface area (Å²) >= 11 is 0. The van der Waals surface area contributed by atoms with Crippen LogP contribution in [0.2, 0.25) is 0 Å². The first kappa shape index (κ1) is 19.9. The van der Waals surface area contributed by atoms with Gasteiger partial charge < -0.3 is 15.4 Å². The van der Waals surface area contributed by atoms with Crippen LogP contribution < -0.4 is 15.4 Å². The van der Waals surface area contributed by atoms with E-state index in [1.807, 2.05) is 18.2 Å². The van der Waals surface area contributed by atoms with Gasteiger partial charge >= 0.3 is 0 Å². The Hall–Kier alpha value is -2.87. The molecule has 0 aliphatic carbocycles. The summed E-state index contributed by atoms with van der Waals surface area (Å²) in [5, 5.41) is 5.50. The minimum atomic E-state index is -3.12. The second kappa shape index (κ2) is 8.02. The van der Waals surface area contributed by atoms with Crippen LogP contribution in [0.25, 0.3) is 0 Å². The third kappa shape index (κ3) is 5.10. The molecule has 0 radical (unpaired) electrons. The van der Waals surface area contributed by atoms with Crippen LogP contribution in [0.5, 0.6) is 5.75 Å². The van der Waals surface area contributed by atoms with E-state index in [2.05, 4.69) is 10.6 Å². The maximum absolute atomic E-state index is 12.5. The maximum Gasteiger partial charge on any atom is 0.259 e. The van der Waals surface area contributed by atoms with Crippen LogP contribution in [0.3, 0.4) is 0 Å². The maximum atomic E-state index is 12.5. The minimum Gasteiger partial charge on any atom is -0.483 e. The van der Waals surface area contributed by atoms with Crippen molar-refractivity contribution in [1.82, 2.24) is 5.32 Å². The zero-order valence-electron chi connectivity index (χ0n) is 15.5. The first-order chi connectivity index (χ1) is 13.3. The molecule has 1 unspecified atom stereocenters. The molecule has 1 saturated heterocycles. The summed E-state index contributed by atoms with van der Waals surface area (Å²) in [7, 11) is -3.12. The van der Waals surface area contributed by atoms with Crippen molar-refractivity contribution < 1.29 is 22.7 Å². The van der Waals surface area contributed by atoms with E-state index < -0.39 is 21.3 Å². The van der Waals surface area contributed by atoms with Crippen LogP contribution in [0.15, 0.2) is 54.6 Å². The highest BCUT2D eigenvalue weighted by Crippen LogP contribution is 2.23. The molecule has 28 heavy (non-hydrogen) atoms. The Morgan fingerprint density at radius 2 is 1.75 bits per heavy atom. The van der Waals surface area contributed by atoms with Gasteiger partial charge in [-0.2, -0.15) is 0 Å². The van der Waals surface area contributed by atoms with Gasteiger partial charge in [0.15, 0.2) is 16.4 Å². The lowest BCUT2D eigenvalue weighted by Gasteiger charge is -2.24. The summed E-state index contributed by atoms with van der Waals surface area (Å²) < 4.78 is 28.8. The predicted molar refractivity (Wildman–Crippen MR) is 106 cm³/mol. The molecule has 1 atom stereocenters. The first-order valence-electron chi connectivity index (χ1n) is 8.86. The van der Waals surface area contributed by atoms with Crippen molar-refractivity contribution in [2.75, 3.05) is 23.4 Å². The van der Waals surface area contributed by atoms with Crippen molar-refractivity contribution in [1.29, 1.82) is 0 Å². The lowest BCUT2D eigenvalue weighted by Crippen LogP contribution is -2.48. The van der Waals surface area contributed by atoms with Gasteiger partial charge in [0.05, 0.1) is 22.6 Å². The average Bonchev–Trinajstić information content (AvgIpc) is 2.93. The third-order valence-electron chi connectivity index (χ3n) is 4.47. The zero-order valence-corrected chi connectivity index (χ0v) is 16.3. The Balaban J connectivity index is 1.62. The molecule has 148 valence electrons. The number of rotatable bonds is 6. The largest absolute Gasteiger partial charge is 0.483 e. The summed E-state index contributed by atoms with van der Waals surface area (Å²) in [6, 6.07) is 15.6. The second-order valence-corrected chi connectivity index (χ2v) is 9.24. The molecule has 3 rings (SSSR count). The Morgan fingerprint density at radius 1 is 1.07 bits per heavy atom. The highest BCUT2D eigenvalue weighted by molar-refractivity contribution is 7.91. The predicted octanol–water partition coefficient (Wildman–Crippen LogP) is 2.01. The molecule has 1 aliphatic heterocycles. The van der Waals surface area contributed by atoms with Crippen LogP contribution in [-0.2, 0) is 14.6 Å². The monoisotopic (exact) mass is 402 g/mol. The van der Waals surface area contributed by atoms with Crippen molar-refractivity contribution >= 4 is 27.3 Å². The molecule has 0 aromatic heterocycles. The Morgan fingerprint density at radius 3 is 2.43 bits per heavy atom. The van der Waals surface area contributed by atoms with Crippen LogP contribution >= 0.6 is 0 Å². The van der Waals surface area contributed by atoms with Gasteiger partial charge in [0.25, 0.3) is 11.8 Å². The number of anilines is 1. The fourth-order valence-corrected chi connectivity index (χ4v) is 5.22. The van der Waals surface area contributed by atoms with Crippen molar-refractivity contribution in [3.8, 4) is 5.75 Å². The summed E-state index contributed by atoms with van der Waals surface area (Å²) in [6.45, 7) is 1.39. The fraction of sp³-hybridized carbons (Fsp3) is 0.300. The van der Waals surface area contributed by atoms with E-state index in [1.165, 1.54) is 0 Å². The quantitative estimate of drug-likeness (QED) is 0.770. The normalized spacial score (nSPS) is 20.3. The lowest BCUT2D eigenvalue weighted by molar-refractivity contribution is -0.124. The van der Waals surface area contributed by atoms with Crippen LogP contribution in [0.1, 0.15) is 23.7 Å². The molecular weight excluding hydrogens is 380 g/mol. The number of hydrogen-bond acceptors (Lipinski definition) is 5. The molecule has 1 heterocycles. The van der Waals surface area contributed by atoms with Gasteiger partial charge in [-0.3, -0.25) is 9.59 Å². The Kier molecular flexibility index (Phi) is 5.69. The lowest BCUT2D eigenvalue weighted by atomic mass is 10.0. The van der Waals surface area contributed by atoms with E-state index in [0.29, 0.717) is 17.7 Å². The number of nitrogens with one attached hydrogen (secondary N) is 2. The van der Waals surface area contributed by atoms with Crippen molar-refractivity contribution in [2.24, 2.45) is 0 Å². The van der Waals surface area contributed by atoms with Gasteiger partial charge in [-0.1, -0.05) is 30.3 Å². The molecule has 2 aromatic rings. The van der Waals surface area contributed by atoms with E-state index >= 15 is 0 Å². The Labute approximate surface area is 164 Å². The van der Waals surface area contributed by atoms with E-state index in [9.17, 15) is 18.0 Å². The fourth-order valence-electron chi connectivity index (χ4n) is 3.13. The Bertz CT molecular complexity index is 975. The molecular formula is C20H22N2O5S. The number of ether oxygens (including phenoxy) is 1. The van der Waals surface area contributed by atoms with Crippen LogP contribution in [0, 0.1) is 0 Å². The van der Waals surface area contributed by atoms with Crippen molar-refractivity contribution in [2.45, 2.75) is 18.9 Å². The molecule has 0 spiro atoms. The molecule has 2 N–H and O–H groups in total. The summed E-state index contributed by atoms with van der Waals surface area (Å²) in [4.78, 5) is 24.8. The highest BCUT2D eigenvalue weighted by Gasteiger charge is 2.39. The number of carbonyl (C=O) groups is 2. The topological polar surface area (TPSA) is 102 Å².